The van der Waals surface area contributed by atoms with Crippen molar-refractivity contribution in [2.24, 2.45) is 0 Å². The van der Waals surface area contributed by atoms with E-state index in [0.717, 1.165) is 34.7 Å². The molecule has 0 spiro atoms. The first-order valence-corrected chi connectivity index (χ1v) is 13.1. The number of benzene rings is 3. The Hall–Kier alpha value is -3.16. The number of carbonyl (C=O) groups excluding carboxylic acids is 1. The second-order valence-electron chi connectivity index (χ2n) is 8.79. The molecule has 0 aliphatic carbocycles. The van der Waals surface area contributed by atoms with Crippen LogP contribution in [-0.2, 0) is 14.8 Å². The van der Waals surface area contributed by atoms with E-state index in [9.17, 15) is 13.2 Å². The highest BCUT2D eigenvalue weighted by Crippen LogP contribution is 2.38. The topological polar surface area (TPSA) is 66.9 Å². The van der Waals surface area contributed by atoms with Crippen LogP contribution >= 0.6 is 0 Å². The summed E-state index contributed by atoms with van der Waals surface area (Å²) in [4.78, 5) is 16.3. The average Bonchev–Trinajstić information content (AvgIpc) is 2.87. The van der Waals surface area contributed by atoms with Gasteiger partial charge in [-0.3, -0.25) is 14.0 Å². The van der Waals surface area contributed by atoms with Gasteiger partial charge in [0, 0.05) is 24.7 Å². The lowest BCUT2D eigenvalue weighted by Crippen LogP contribution is -2.36. The zero-order chi connectivity index (χ0) is 23.7. The maximum absolute atomic E-state index is 13.8. The molecule has 176 valence electrons. The number of hydrogen-bond donors (Lipinski definition) is 0. The van der Waals surface area contributed by atoms with Gasteiger partial charge in [-0.05, 0) is 54.9 Å². The highest BCUT2D eigenvalue weighted by molar-refractivity contribution is 7.89. The number of rotatable bonds is 6. The van der Waals surface area contributed by atoms with Gasteiger partial charge in [-0.15, -0.1) is 0 Å². The van der Waals surface area contributed by atoms with E-state index in [1.807, 2.05) is 30.3 Å². The highest BCUT2D eigenvalue weighted by atomic mass is 32.2. The van der Waals surface area contributed by atoms with Gasteiger partial charge in [-0.25, -0.2) is 8.42 Å². The van der Waals surface area contributed by atoms with Crippen LogP contribution in [0.1, 0.15) is 35.2 Å². The highest BCUT2D eigenvalue weighted by Gasteiger charge is 2.39. The minimum absolute atomic E-state index is 0.0487. The number of Topliss-reactive ketones (excluding diaryl/α,β-unsaturated/α-hetero) is 1. The number of piperidine rings is 1. The summed E-state index contributed by atoms with van der Waals surface area (Å²) in [7, 11) is -2.46. The van der Waals surface area contributed by atoms with Crippen molar-refractivity contribution in [3.63, 3.8) is 0 Å². The minimum Gasteiger partial charge on any atom is -0.489 e. The van der Waals surface area contributed by atoms with Crippen LogP contribution in [0.2, 0.25) is 0 Å². The predicted molar refractivity (Wildman–Crippen MR) is 133 cm³/mol. The van der Waals surface area contributed by atoms with Crippen LogP contribution in [0.25, 0.3) is 16.5 Å². The van der Waals surface area contributed by atoms with Crippen molar-refractivity contribution in [3.8, 4) is 0 Å². The number of likely N-dealkylation sites (N-methyl/N-ethyl adjacent to an activating group) is 1. The molecule has 1 saturated heterocycles. The van der Waals surface area contributed by atoms with Crippen molar-refractivity contribution in [2.75, 3.05) is 33.3 Å². The molecule has 0 radical (unpaired) electrons. The number of carbonyl (C=O) groups is 1. The second-order valence-corrected chi connectivity index (χ2v) is 10.7. The van der Waals surface area contributed by atoms with Crippen LogP contribution in [0.3, 0.4) is 0 Å². The molecule has 2 aliphatic rings. The summed E-state index contributed by atoms with van der Waals surface area (Å²) >= 11 is 0. The maximum atomic E-state index is 13.8. The first kappa shape index (κ1) is 22.6. The van der Waals surface area contributed by atoms with Crippen molar-refractivity contribution in [1.29, 1.82) is 0 Å². The van der Waals surface area contributed by atoms with Crippen LogP contribution in [0.4, 0.5) is 0 Å². The molecule has 7 heteroatoms. The number of nitrogens with zero attached hydrogens (tertiary/aromatic N) is 2. The Labute approximate surface area is 200 Å². The lowest BCUT2D eigenvalue weighted by molar-refractivity contribution is 0.100. The zero-order valence-corrected chi connectivity index (χ0v) is 20.1. The van der Waals surface area contributed by atoms with Gasteiger partial charge in [0.25, 0.3) is 10.0 Å². The predicted octanol–water partition coefficient (Wildman–Crippen LogP) is 4.53. The summed E-state index contributed by atoms with van der Waals surface area (Å²) in [6, 6.07) is 19.9. The molecule has 0 N–H and O–H groups in total. The SMILES string of the molecule is CN1C(C(=O)c2ccc3ccccc3c2)=C(OCCN2CCCCC2)c2ccccc2S1(=O)=O. The number of hydrogen-bond acceptors (Lipinski definition) is 5. The second kappa shape index (κ2) is 9.24. The number of ether oxygens (including phenoxy) is 1. The van der Waals surface area contributed by atoms with E-state index in [2.05, 4.69) is 4.90 Å². The Morgan fingerprint density at radius 3 is 2.41 bits per heavy atom. The van der Waals surface area contributed by atoms with E-state index in [-0.39, 0.29) is 16.4 Å². The van der Waals surface area contributed by atoms with Crippen LogP contribution < -0.4 is 0 Å². The van der Waals surface area contributed by atoms with Crippen molar-refractivity contribution >= 4 is 32.3 Å². The fourth-order valence-electron chi connectivity index (χ4n) is 4.74. The standard InChI is InChI=1S/C27H28N2O4S/c1-28-25(26(30)22-14-13-20-9-3-4-10-21(20)19-22)27(33-18-17-29-15-7-2-8-16-29)23-11-5-6-12-24(23)34(28,31)32/h3-6,9-14,19H,2,7-8,15-18H2,1H3. The third-order valence-electron chi connectivity index (χ3n) is 6.63. The molecule has 2 heterocycles. The van der Waals surface area contributed by atoms with Crippen LogP contribution in [0.5, 0.6) is 0 Å². The van der Waals surface area contributed by atoms with E-state index < -0.39 is 10.0 Å². The molecular weight excluding hydrogens is 448 g/mol. The Morgan fingerprint density at radius 1 is 0.912 bits per heavy atom. The smallest absolute Gasteiger partial charge is 0.265 e. The van der Waals surface area contributed by atoms with Crippen molar-refractivity contribution in [3.05, 3.63) is 83.6 Å². The summed E-state index contributed by atoms with van der Waals surface area (Å²) in [5.74, 6) is -0.0533. The fraction of sp³-hybridized carbons (Fsp3) is 0.296. The summed E-state index contributed by atoms with van der Waals surface area (Å²) in [6.07, 6.45) is 3.61. The van der Waals surface area contributed by atoms with Gasteiger partial charge in [-0.1, -0.05) is 55.0 Å². The third kappa shape index (κ3) is 4.10. The summed E-state index contributed by atoms with van der Waals surface area (Å²) in [5.41, 5.74) is 0.906. The molecule has 0 saturated carbocycles. The Kier molecular flexibility index (Phi) is 6.15. The van der Waals surface area contributed by atoms with E-state index >= 15 is 0 Å². The Balaban J connectivity index is 1.56. The number of sulfonamides is 1. The van der Waals surface area contributed by atoms with E-state index in [1.165, 1.54) is 26.3 Å². The molecule has 3 aromatic rings. The number of fused-ring (bicyclic) bond motifs is 2. The fourth-order valence-corrected chi connectivity index (χ4v) is 6.13. The summed E-state index contributed by atoms with van der Waals surface area (Å²) < 4.78 is 33.9. The van der Waals surface area contributed by atoms with Gasteiger partial charge in [0.1, 0.15) is 12.3 Å². The van der Waals surface area contributed by atoms with Crippen LogP contribution in [-0.4, -0.2) is 56.7 Å². The van der Waals surface area contributed by atoms with Gasteiger partial charge >= 0.3 is 0 Å². The molecular formula is C27H28N2O4S. The van der Waals surface area contributed by atoms with E-state index in [4.69, 9.17) is 4.74 Å². The molecule has 6 nitrogen and oxygen atoms in total. The van der Waals surface area contributed by atoms with Gasteiger partial charge in [0.05, 0.1) is 4.90 Å². The first-order chi connectivity index (χ1) is 16.5. The molecule has 1 fully saturated rings. The minimum atomic E-state index is -3.88. The van der Waals surface area contributed by atoms with Crippen LogP contribution in [0, 0.1) is 0 Å². The molecule has 0 unspecified atom stereocenters. The van der Waals surface area contributed by atoms with Gasteiger partial charge < -0.3 is 4.74 Å². The van der Waals surface area contributed by atoms with Crippen molar-refractivity contribution in [2.45, 2.75) is 24.2 Å². The molecule has 2 aliphatic heterocycles. The van der Waals surface area contributed by atoms with Crippen LogP contribution in [0.15, 0.2) is 77.3 Å². The first-order valence-electron chi connectivity index (χ1n) is 11.7. The molecule has 5 rings (SSSR count). The summed E-state index contributed by atoms with van der Waals surface area (Å²) in [5, 5.41) is 1.93. The molecule has 0 bridgehead atoms. The number of likely N-dealkylation sites (tertiary alicyclic amines) is 1. The molecule has 3 aromatic carbocycles. The van der Waals surface area contributed by atoms with Gasteiger partial charge in [-0.2, -0.15) is 0 Å². The number of allylic oxidation sites excluding steroid dienone is 1. The van der Waals surface area contributed by atoms with Crippen molar-refractivity contribution in [1.82, 2.24) is 9.21 Å². The molecule has 34 heavy (non-hydrogen) atoms. The molecule has 0 atom stereocenters. The Morgan fingerprint density at radius 2 is 1.62 bits per heavy atom. The maximum Gasteiger partial charge on any atom is 0.265 e. The monoisotopic (exact) mass is 476 g/mol. The molecule has 0 aromatic heterocycles. The zero-order valence-electron chi connectivity index (χ0n) is 19.2. The Bertz CT molecular complexity index is 1370. The summed E-state index contributed by atoms with van der Waals surface area (Å²) in [6.45, 7) is 3.19. The van der Waals surface area contributed by atoms with Gasteiger partial charge in [0.15, 0.2) is 5.76 Å². The average molecular weight is 477 g/mol. The lowest BCUT2D eigenvalue weighted by Gasteiger charge is -2.31. The largest absolute Gasteiger partial charge is 0.489 e. The normalized spacial score (nSPS) is 18.1. The number of ketones is 1. The third-order valence-corrected chi connectivity index (χ3v) is 8.44. The molecule has 0 amide bonds. The lowest BCUT2D eigenvalue weighted by atomic mass is 10.0. The quantitative estimate of drug-likeness (QED) is 0.489. The van der Waals surface area contributed by atoms with E-state index in [1.54, 1.807) is 36.4 Å². The van der Waals surface area contributed by atoms with Crippen molar-refractivity contribution < 1.29 is 17.9 Å². The van der Waals surface area contributed by atoms with E-state index in [0.29, 0.717) is 23.5 Å². The van der Waals surface area contributed by atoms with Gasteiger partial charge in [0.2, 0.25) is 5.78 Å².